The highest BCUT2D eigenvalue weighted by atomic mass is 19.4. The molecule has 0 fully saturated rings. The maximum atomic E-state index is 16.1. The van der Waals surface area contributed by atoms with Gasteiger partial charge in [-0.1, -0.05) is 121 Å². The van der Waals surface area contributed by atoms with Crippen molar-refractivity contribution in [3.05, 3.63) is 234 Å². The van der Waals surface area contributed by atoms with Gasteiger partial charge in [0.15, 0.2) is 0 Å². The zero-order chi connectivity index (χ0) is 47.2. The van der Waals surface area contributed by atoms with Crippen molar-refractivity contribution in [1.82, 2.24) is 19.1 Å². The second-order valence-electron chi connectivity index (χ2n) is 16.1. The second-order valence-corrected chi connectivity index (χ2v) is 16.1. The minimum Gasteiger partial charge on any atom is -0.354 e. The molecule has 0 spiro atoms. The Hall–Kier alpha value is -7.36. The first kappa shape index (κ1) is 43.5. The number of halogens is 12. The molecule has 0 atom stereocenters. The molecule has 8 aromatic rings. The van der Waals surface area contributed by atoms with Crippen LogP contribution < -0.4 is 21.4 Å². The summed E-state index contributed by atoms with van der Waals surface area (Å²) in [6.45, 7) is -1.50. The average molecular weight is 929 g/mol. The number of hydrogen-bond donors (Lipinski definition) is 2. The van der Waals surface area contributed by atoms with Gasteiger partial charge < -0.3 is 19.1 Å². The van der Waals surface area contributed by atoms with Crippen LogP contribution >= 0.6 is 0 Å². The third-order valence-electron chi connectivity index (χ3n) is 12.1. The smallest absolute Gasteiger partial charge is 0.354 e. The maximum absolute atomic E-state index is 16.1. The van der Waals surface area contributed by atoms with Crippen LogP contribution in [0.15, 0.2) is 146 Å². The third kappa shape index (κ3) is 7.29. The van der Waals surface area contributed by atoms with Crippen LogP contribution in [-0.4, -0.2) is 19.1 Å². The van der Waals surface area contributed by atoms with Crippen LogP contribution in [0.4, 0.5) is 52.7 Å². The van der Waals surface area contributed by atoms with Gasteiger partial charge in [0.05, 0.1) is 45.0 Å². The van der Waals surface area contributed by atoms with Gasteiger partial charge in [-0.25, -0.2) is 0 Å². The van der Waals surface area contributed by atoms with E-state index in [4.69, 9.17) is 0 Å². The molecule has 6 bridgehead atoms. The molecule has 2 aliphatic rings. The van der Waals surface area contributed by atoms with Gasteiger partial charge in [0.1, 0.15) is 0 Å². The van der Waals surface area contributed by atoms with Crippen LogP contribution in [-0.2, 0) is 37.8 Å². The minimum absolute atomic E-state index is 0.00591. The fraction of sp³-hybridized carbons (Fsp3) is 0.137. The third-order valence-corrected chi connectivity index (χ3v) is 12.1. The molecule has 4 aromatic heterocycles. The van der Waals surface area contributed by atoms with Gasteiger partial charge in [-0.15, -0.1) is 0 Å². The molecule has 0 radical (unpaired) electrons. The molecule has 2 N–H and O–H groups in total. The predicted molar refractivity (Wildman–Crippen MR) is 226 cm³/mol. The van der Waals surface area contributed by atoms with E-state index in [9.17, 15) is 0 Å². The van der Waals surface area contributed by atoms with E-state index in [1.54, 1.807) is 24.3 Å². The van der Waals surface area contributed by atoms with E-state index in [0.717, 1.165) is 9.13 Å². The highest BCUT2D eigenvalue weighted by Crippen LogP contribution is 2.52. The summed E-state index contributed by atoms with van der Waals surface area (Å²) in [6.07, 6.45) is -23.3. The number of nitrogens with zero attached hydrogens (tertiary/aromatic N) is 2. The number of nitrogens with one attached hydrogen (secondary N) is 2. The van der Waals surface area contributed by atoms with Crippen molar-refractivity contribution >= 4 is 22.3 Å². The number of fused-ring (bicyclic) bond motifs is 6. The van der Waals surface area contributed by atoms with Crippen LogP contribution in [0.2, 0.25) is 0 Å². The summed E-state index contributed by atoms with van der Waals surface area (Å²) in [5, 5.41) is -1.02. The van der Waals surface area contributed by atoms with Crippen molar-refractivity contribution in [2.45, 2.75) is 44.2 Å². The Morgan fingerprint density at radius 3 is 0.701 bits per heavy atom. The number of H-pyrrole nitrogens is 2. The Balaban J connectivity index is 1.61. The summed E-state index contributed by atoms with van der Waals surface area (Å²) in [4.78, 5) is 5.87. The van der Waals surface area contributed by atoms with Crippen LogP contribution in [0.25, 0.3) is 22.3 Å². The van der Waals surface area contributed by atoms with E-state index in [1.807, 2.05) is 0 Å². The van der Waals surface area contributed by atoms with Gasteiger partial charge >= 0.3 is 24.7 Å². The molecule has 4 nitrogen and oxygen atoms in total. The molecule has 0 saturated heterocycles. The predicted octanol–water partition coefficient (Wildman–Crippen LogP) is 10.7. The molecule has 2 aliphatic heterocycles. The van der Waals surface area contributed by atoms with Crippen molar-refractivity contribution in [2.75, 3.05) is 0 Å². The van der Waals surface area contributed by atoms with E-state index in [0.29, 0.717) is 0 Å². The molecule has 10 rings (SSSR count). The van der Waals surface area contributed by atoms with E-state index >= 15 is 52.7 Å². The monoisotopic (exact) mass is 928 g/mol. The molecule has 0 unspecified atom stereocenters. The Kier molecular flexibility index (Phi) is 10.2. The zero-order valence-electron chi connectivity index (χ0n) is 34.4. The normalized spacial score (nSPS) is 17.8. The van der Waals surface area contributed by atoms with E-state index in [1.165, 1.54) is 121 Å². The first-order chi connectivity index (χ1) is 31.8. The number of rotatable bonds is 4. The molecule has 0 aliphatic carbocycles. The molecule has 0 saturated carbocycles. The summed E-state index contributed by atoms with van der Waals surface area (Å²) in [7, 11) is 0. The lowest BCUT2D eigenvalue weighted by Gasteiger charge is -2.23. The highest BCUT2D eigenvalue weighted by molar-refractivity contribution is 5.89. The summed E-state index contributed by atoms with van der Waals surface area (Å²) in [6, 6.07) is 33.9. The zero-order valence-corrected chi connectivity index (χ0v) is 34.4. The summed E-state index contributed by atoms with van der Waals surface area (Å²) >= 11 is 0. The largest absolute Gasteiger partial charge is 0.419 e. The Labute approximate surface area is 371 Å². The van der Waals surface area contributed by atoms with Crippen LogP contribution in [0.1, 0.15) is 73.7 Å². The highest BCUT2D eigenvalue weighted by Gasteiger charge is 2.53. The standard InChI is InChI=1S/C51H32F12N4/c52-48(53,54)40-41(49(55,56)57)45-38(30-18-9-3-10-19-30)34-24-25-35(65-34)39(31-20-11-4-12-21-31)47-43(51(61,62)63)42(50(58,59)60)46-37(29-16-7-2-8-17-29)33-23-22-32(64-33)36(28-14-5-1-6-15-28)44(40)66(45)26-13-27-67(46)47/h1-12,14-25,64-65H,13,26-27H2/b36-32-,37-33-,38-34-,39-35-,44-36?,45-38?,46-37?,47-39?. The van der Waals surface area contributed by atoms with Crippen molar-refractivity contribution < 1.29 is 52.7 Å². The summed E-state index contributed by atoms with van der Waals surface area (Å²) < 4.78 is 195. The van der Waals surface area contributed by atoms with Gasteiger partial charge in [0, 0.05) is 56.8 Å². The molecular formula is C51H32F12N4. The van der Waals surface area contributed by atoms with Crippen molar-refractivity contribution in [3.8, 4) is 0 Å². The number of alkyl halides is 12. The molecule has 340 valence electrons. The fourth-order valence-corrected chi connectivity index (χ4v) is 9.69. The number of benzene rings is 4. The molecule has 0 amide bonds. The van der Waals surface area contributed by atoms with Crippen molar-refractivity contribution in [2.24, 2.45) is 0 Å². The molecule has 4 aromatic carbocycles. The summed E-state index contributed by atoms with van der Waals surface area (Å²) in [5.41, 5.74) is -13.3. The van der Waals surface area contributed by atoms with E-state index in [-0.39, 0.29) is 43.7 Å². The van der Waals surface area contributed by atoms with Gasteiger partial charge in [0.25, 0.3) is 0 Å². The lowest BCUT2D eigenvalue weighted by atomic mass is 9.94. The fourth-order valence-electron chi connectivity index (χ4n) is 9.69. The molecule has 67 heavy (non-hydrogen) atoms. The van der Waals surface area contributed by atoms with Gasteiger partial charge in [-0.3, -0.25) is 0 Å². The van der Waals surface area contributed by atoms with Crippen LogP contribution in [0.5, 0.6) is 0 Å². The van der Waals surface area contributed by atoms with Crippen molar-refractivity contribution in [1.29, 1.82) is 0 Å². The minimum atomic E-state index is -5.69. The maximum Gasteiger partial charge on any atom is 0.419 e. The van der Waals surface area contributed by atoms with Crippen LogP contribution in [0.3, 0.4) is 0 Å². The first-order valence-electron chi connectivity index (χ1n) is 20.8. The van der Waals surface area contributed by atoms with Gasteiger partial charge in [-0.05, 0) is 52.9 Å². The topological polar surface area (TPSA) is 41.4 Å². The lowest BCUT2D eigenvalue weighted by molar-refractivity contribution is -0.161. The van der Waals surface area contributed by atoms with Crippen molar-refractivity contribution in [3.63, 3.8) is 0 Å². The van der Waals surface area contributed by atoms with Gasteiger partial charge in [0.2, 0.25) is 0 Å². The molecule has 16 heteroatoms. The Morgan fingerprint density at radius 2 is 0.507 bits per heavy atom. The van der Waals surface area contributed by atoms with Gasteiger partial charge in [-0.2, -0.15) is 52.7 Å². The number of hydrogen-bond acceptors (Lipinski definition) is 0. The average Bonchev–Trinajstić information content (AvgIpc) is 4.08. The molecular weight excluding hydrogens is 897 g/mol. The second kappa shape index (κ2) is 15.6. The number of aromatic amines is 2. The SMILES string of the molecule is FC(F)(F)c1c(C(F)(F)F)c2n3c1/C(c1ccccc1)=c1/cc/c([nH]1)=C(\c1ccccc1)c1c(C(F)(F)F)c(C(F)(F)F)c(n1CCC3)/C(c1ccccc1)=c1/cc/c([nH]1)=C/2c1ccccc1. The van der Waals surface area contributed by atoms with E-state index in [2.05, 4.69) is 9.97 Å². The molecule has 6 heterocycles. The quantitative estimate of drug-likeness (QED) is 0.165. The summed E-state index contributed by atoms with van der Waals surface area (Å²) in [5.74, 6) is 0. The number of aromatic nitrogens is 4. The Bertz CT molecular complexity index is 3000. The Morgan fingerprint density at radius 1 is 0.299 bits per heavy atom. The first-order valence-corrected chi connectivity index (χ1v) is 20.8. The van der Waals surface area contributed by atoms with E-state index < -0.39 is 112 Å². The van der Waals surface area contributed by atoms with Crippen LogP contribution in [0, 0.1) is 0 Å². The lowest BCUT2D eigenvalue weighted by Crippen LogP contribution is -2.25.